The summed E-state index contributed by atoms with van der Waals surface area (Å²) >= 11 is 0. The van der Waals surface area contributed by atoms with Gasteiger partial charge in [-0.25, -0.2) is 0 Å². The Balaban J connectivity index is 0.000000248. The number of pyridine rings is 1. The van der Waals surface area contributed by atoms with Crippen LogP contribution in [0.15, 0.2) is 84.8 Å². The van der Waals surface area contributed by atoms with E-state index in [0.29, 0.717) is 30.2 Å². The van der Waals surface area contributed by atoms with Crippen LogP contribution in [-0.4, -0.2) is 21.7 Å². The molecule has 0 spiro atoms. The summed E-state index contributed by atoms with van der Waals surface area (Å²) in [7, 11) is 0. The molecule has 0 unspecified atom stereocenters. The molecule has 0 saturated heterocycles. The maximum absolute atomic E-state index is 12.9. The summed E-state index contributed by atoms with van der Waals surface area (Å²) in [6.07, 6.45) is 4.17. The van der Waals surface area contributed by atoms with Crippen molar-refractivity contribution in [2.24, 2.45) is 11.8 Å². The number of aliphatic hydroxyl groups excluding tert-OH is 1. The molecule has 1 aliphatic carbocycles. The molecule has 0 bridgehead atoms. The fraction of sp³-hybridized carbons (Fsp3) is 0.242. The standard InChI is InChI=1S/C22H12NO.C11H20O2.Ir/c24-22-17-10-5-4-9-15(17)16-11-6-12-18-20(16)19(22)13-23-21(18)14-7-2-1-3-8-14;1-8(2)5-10(12)7-11(13)6-9(3)4;/h1-7,9-13H;7-9,12H,5-6H2,1-4H3;/q-1;;/b;10-7-;. The van der Waals surface area contributed by atoms with Crippen LogP contribution >= 0.6 is 0 Å². The minimum Gasteiger partial charge on any atom is -0.512 e. The molecule has 4 aromatic rings. The molecule has 0 amide bonds. The molecule has 197 valence electrons. The number of aliphatic hydroxyl groups is 1. The molecule has 4 nitrogen and oxygen atoms in total. The van der Waals surface area contributed by atoms with Gasteiger partial charge in [-0.05, 0) is 39.4 Å². The van der Waals surface area contributed by atoms with Gasteiger partial charge in [0.25, 0.3) is 0 Å². The van der Waals surface area contributed by atoms with Crippen molar-refractivity contribution in [3.63, 3.8) is 0 Å². The summed E-state index contributed by atoms with van der Waals surface area (Å²) in [5, 5.41) is 11.3. The van der Waals surface area contributed by atoms with Gasteiger partial charge in [-0.3, -0.25) is 9.59 Å². The van der Waals surface area contributed by atoms with Crippen LogP contribution in [0.25, 0.3) is 33.2 Å². The molecular formula is C33H32IrNO3-. The summed E-state index contributed by atoms with van der Waals surface area (Å²) in [5.74, 6) is 1.03. The fourth-order valence-corrected chi connectivity index (χ4v) is 4.64. The smallest absolute Gasteiger partial charge is 0.195 e. The summed E-state index contributed by atoms with van der Waals surface area (Å²) < 4.78 is 0. The second-order valence-corrected chi connectivity index (χ2v) is 10.2. The number of allylic oxidation sites excluding steroid dienone is 2. The third kappa shape index (κ3) is 6.53. The van der Waals surface area contributed by atoms with Gasteiger partial charge in [-0.1, -0.05) is 70.2 Å². The number of rotatable bonds is 6. The summed E-state index contributed by atoms with van der Waals surface area (Å²) in [6, 6.07) is 25.0. The van der Waals surface area contributed by atoms with Gasteiger partial charge in [0, 0.05) is 56.3 Å². The number of ketones is 2. The average Bonchev–Trinajstić information content (AvgIpc) is 2.86. The molecule has 1 aromatic heterocycles. The molecule has 1 radical (unpaired) electrons. The van der Waals surface area contributed by atoms with Gasteiger partial charge in [-0.15, -0.1) is 35.9 Å². The van der Waals surface area contributed by atoms with Crippen molar-refractivity contribution in [2.45, 2.75) is 40.5 Å². The second kappa shape index (κ2) is 12.9. The monoisotopic (exact) mass is 683 g/mol. The van der Waals surface area contributed by atoms with E-state index in [4.69, 9.17) is 0 Å². The molecule has 1 aliphatic rings. The number of nitrogens with zero attached hydrogens (tertiary/aromatic N) is 1. The zero-order valence-electron chi connectivity index (χ0n) is 22.1. The maximum atomic E-state index is 12.9. The third-order valence-electron chi connectivity index (χ3n) is 6.14. The summed E-state index contributed by atoms with van der Waals surface area (Å²) in [6.45, 7) is 8.00. The number of hydrogen-bond donors (Lipinski definition) is 1. The molecule has 1 N–H and O–H groups in total. The van der Waals surface area contributed by atoms with Gasteiger partial charge in [0.15, 0.2) is 11.6 Å². The third-order valence-corrected chi connectivity index (χ3v) is 6.14. The van der Waals surface area contributed by atoms with Crippen molar-refractivity contribution in [1.29, 1.82) is 0 Å². The number of hydrogen-bond acceptors (Lipinski definition) is 4. The molecule has 5 rings (SSSR count). The fourth-order valence-electron chi connectivity index (χ4n) is 4.64. The van der Waals surface area contributed by atoms with Crippen LogP contribution < -0.4 is 0 Å². The van der Waals surface area contributed by atoms with Crippen molar-refractivity contribution >= 4 is 22.3 Å². The van der Waals surface area contributed by atoms with Crippen molar-refractivity contribution in [3.8, 4) is 22.4 Å². The van der Waals surface area contributed by atoms with Gasteiger partial charge in [-0.2, -0.15) is 0 Å². The van der Waals surface area contributed by atoms with Gasteiger partial charge in [0.2, 0.25) is 0 Å². The van der Waals surface area contributed by atoms with Crippen molar-refractivity contribution in [3.05, 3.63) is 102 Å². The van der Waals surface area contributed by atoms with E-state index in [2.05, 4.69) is 17.1 Å². The summed E-state index contributed by atoms with van der Waals surface area (Å²) in [4.78, 5) is 28.7. The van der Waals surface area contributed by atoms with Crippen LogP contribution in [0.1, 0.15) is 56.5 Å². The van der Waals surface area contributed by atoms with Gasteiger partial charge in [0.1, 0.15) is 0 Å². The molecule has 5 heteroatoms. The number of carbonyl (C=O) groups is 2. The van der Waals surface area contributed by atoms with E-state index in [1.807, 2.05) is 88.4 Å². The SMILES string of the molecule is CC(C)CC(=O)/C=C(\O)CC(C)C.O=C1c2ccccc2-c2cccc3c(-c4[c-]cccc4)ncc1c23.[Ir]. The predicted molar refractivity (Wildman–Crippen MR) is 150 cm³/mol. The topological polar surface area (TPSA) is 67.3 Å². The van der Waals surface area contributed by atoms with E-state index in [0.717, 1.165) is 38.7 Å². The minimum atomic E-state index is 0. The molecule has 0 fully saturated rings. The van der Waals surface area contributed by atoms with E-state index in [9.17, 15) is 14.7 Å². The Morgan fingerprint density at radius 1 is 0.868 bits per heavy atom. The number of benzene rings is 3. The Hall–Kier alpha value is -3.40. The second-order valence-electron chi connectivity index (χ2n) is 10.2. The Bertz CT molecular complexity index is 1470. The molecule has 1 heterocycles. The van der Waals surface area contributed by atoms with Gasteiger partial charge < -0.3 is 10.1 Å². The van der Waals surface area contributed by atoms with Crippen molar-refractivity contribution in [1.82, 2.24) is 4.98 Å². The molecule has 0 atom stereocenters. The van der Waals surface area contributed by atoms with Crippen molar-refractivity contribution in [2.75, 3.05) is 0 Å². The first kappa shape index (κ1) is 29.2. The van der Waals surface area contributed by atoms with Crippen LogP contribution in [0, 0.1) is 17.9 Å². The van der Waals surface area contributed by atoms with Crippen LogP contribution in [-0.2, 0) is 24.9 Å². The first-order chi connectivity index (χ1) is 17.8. The van der Waals surface area contributed by atoms with E-state index in [1.54, 1.807) is 6.20 Å². The molecule has 0 saturated carbocycles. The largest absolute Gasteiger partial charge is 0.512 e. The minimum absolute atomic E-state index is 0. The zero-order valence-corrected chi connectivity index (χ0v) is 24.5. The predicted octanol–water partition coefficient (Wildman–Crippen LogP) is 8.00. The number of carbonyl (C=O) groups excluding carboxylic acids is 2. The maximum Gasteiger partial charge on any atom is 0.195 e. The van der Waals surface area contributed by atoms with E-state index in [-0.39, 0.29) is 37.4 Å². The first-order valence-electron chi connectivity index (χ1n) is 12.7. The quantitative estimate of drug-likeness (QED) is 0.112. The van der Waals surface area contributed by atoms with Crippen LogP contribution in [0.3, 0.4) is 0 Å². The van der Waals surface area contributed by atoms with E-state index >= 15 is 0 Å². The Kier molecular flexibility index (Phi) is 9.90. The number of fused-ring (bicyclic) bond motifs is 2. The Morgan fingerprint density at radius 2 is 1.53 bits per heavy atom. The van der Waals surface area contributed by atoms with Crippen LogP contribution in [0.2, 0.25) is 0 Å². The Labute approximate surface area is 238 Å². The van der Waals surface area contributed by atoms with Crippen LogP contribution in [0.4, 0.5) is 0 Å². The molecule has 0 aliphatic heterocycles. The normalized spacial score (nSPS) is 12.1. The van der Waals surface area contributed by atoms with Gasteiger partial charge in [0.05, 0.1) is 5.76 Å². The van der Waals surface area contributed by atoms with E-state index < -0.39 is 0 Å². The van der Waals surface area contributed by atoms with Gasteiger partial charge >= 0.3 is 0 Å². The average molecular weight is 683 g/mol. The Morgan fingerprint density at radius 3 is 2.18 bits per heavy atom. The molecule has 3 aromatic carbocycles. The van der Waals surface area contributed by atoms with Crippen molar-refractivity contribution < 1.29 is 34.8 Å². The molecular weight excluding hydrogens is 651 g/mol. The first-order valence-corrected chi connectivity index (χ1v) is 12.7. The zero-order chi connectivity index (χ0) is 26.5. The van der Waals surface area contributed by atoms with E-state index in [1.165, 1.54) is 6.08 Å². The summed E-state index contributed by atoms with van der Waals surface area (Å²) in [5.41, 5.74) is 5.32. The number of aromatic nitrogens is 1. The molecule has 38 heavy (non-hydrogen) atoms. The van der Waals surface area contributed by atoms with Crippen LogP contribution in [0.5, 0.6) is 0 Å².